The normalized spacial score (nSPS) is 12.9. The Kier molecular flexibility index (Phi) is 3.59. The van der Waals surface area contributed by atoms with Crippen molar-refractivity contribution < 1.29 is 4.39 Å². The average molecular weight is 288 g/mol. The van der Waals surface area contributed by atoms with Crippen molar-refractivity contribution in [2.75, 3.05) is 6.54 Å². The lowest BCUT2D eigenvalue weighted by atomic mass is 9.94. The monoisotopic (exact) mass is 288 g/mol. The first kappa shape index (κ1) is 13.3. The van der Waals surface area contributed by atoms with E-state index in [1.165, 1.54) is 16.5 Å². The van der Waals surface area contributed by atoms with Crippen LogP contribution >= 0.6 is 11.3 Å². The van der Waals surface area contributed by atoms with E-state index >= 15 is 0 Å². The van der Waals surface area contributed by atoms with E-state index < -0.39 is 0 Å². The van der Waals surface area contributed by atoms with Crippen LogP contribution < -0.4 is 5.73 Å². The van der Waals surface area contributed by atoms with Crippen LogP contribution in [0.2, 0.25) is 0 Å². The summed E-state index contributed by atoms with van der Waals surface area (Å²) in [5, 5.41) is 3.04. The van der Waals surface area contributed by atoms with E-state index in [9.17, 15) is 4.39 Å². The van der Waals surface area contributed by atoms with E-state index in [2.05, 4.69) is 23.4 Å². The number of fused-ring (bicyclic) bond motifs is 1. The standard InChI is InChI=1S/C16H17FN2S/c1-10-4-5-20-16(10)6-11(8-18)14-9-19-15-3-2-12(17)7-13(14)15/h2-5,7,9,11,19H,6,8,18H2,1H3. The number of aromatic nitrogens is 1. The smallest absolute Gasteiger partial charge is 0.123 e. The lowest BCUT2D eigenvalue weighted by Gasteiger charge is -2.14. The van der Waals surface area contributed by atoms with E-state index in [1.54, 1.807) is 23.5 Å². The van der Waals surface area contributed by atoms with Gasteiger partial charge >= 0.3 is 0 Å². The Bertz CT molecular complexity index is 729. The molecule has 2 nitrogen and oxygen atoms in total. The van der Waals surface area contributed by atoms with Crippen LogP contribution in [0.3, 0.4) is 0 Å². The number of hydrogen-bond acceptors (Lipinski definition) is 2. The zero-order valence-electron chi connectivity index (χ0n) is 11.3. The second kappa shape index (κ2) is 5.38. The van der Waals surface area contributed by atoms with Gasteiger partial charge < -0.3 is 10.7 Å². The molecule has 2 heterocycles. The van der Waals surface area contributed by atoms with Crippen LogP contribution in [0.25, 0.3) is 10.9 Å². The molecule has 1 atom stereocenters. The van der Waals surface area contributed by atoms with Gasteiger partial charge in [0.1, 0.15) is 5.82 Å². The second-order valence-electron chi connectivity index (χ2n) is 5.10. The number of hydrogen-bond donors (Lipinski definition) is 2. The molecule has 2 aromatic heterocycles. The minimum absolute atomic E-state index is 0.207. The number of aryl methyl sites for hydroxylation is 1. The molecule has 0 aliphatic rings. The minimum atomic E-state index is -0.207. The third kappa shape index (κ3) is 2.37. The van der Waals surface area contributed by atoms with Gasteiger partial charge in [0.05, 0.1) is 0 Å². The lowest BCUT2D eigenvalue weighted by molar-refractivity contribution is 0.629. The second-order valence-corrected chi connectivity index (χ2v) is 6.10. The first-order valence-electron chi connectivity index (χ1n) is 6.68. The molecule has 3 N–H and O–H groups in total. The van der Waals surface area contributed by atoms with Crippen molar-refractivity contribution in [2.24, 2.45) is 5.73 Å². The Balaban J connectivity index is 1.99. The van der Waals surface area contributed by atoms with Gasteiger partial charge in [0.2, 0.25) is 0 Å². The molecule has 4 heteroatoms. The Morgan fingerprint density at radius 1 is 1.35 bits per heavy atom. The maximum atomic E-state index is 13.5. The highest BCUT2D eigenvalue weighted by molar-refractivity contribution is 7.10. The zero-order valence-corrected chi connectivity index (χ0v) is 12.1. The van der Waals surface area contributed by atoms with Gasteiger partial charge in [0, 0.05) is 27.9 Å². The van der Waals surface area contributed by atoms with Crippen molar-refractivity contribution in [3.63, 3.8) is 0 Å². The summed E-state index contributed by atoms with van der Waals surface area (Å²) in [6.45, 7) is 2.68. The summed E-state index contributed by atoms with van der Waals surface area (Å²) in [6.07, 6.45) is 2.87. The molecule has 3 aromatic rings. The van der Waals surface area contributed by atoms with Gasteiger partial charge in [-0.05, 0) is 60.7 Å². The van der Waals surface area contributed by atoms with E-state index in [0.717, 1.165) is 22.9 Å². The maximum absolute atomic E-state index is 13.5. The predicted octanol–water partition coefficient (Wildman–Crippen LogP) is 3.96. The summed E-state index contributed by atoms with van der Waals surface area (Å²) >= 11 is 1.76. The van der Waals surface area contributed by atoms with Crippen molar-refractivity contribution in [3.8, 4) is 0 Å². The fourth-order valence-electron chi connectivity index (χ4n) is 2.61. The predicted molar refractivity (Wildman–Crippen MR) is 82.8 cm³/mol. The van der Waals surface area contributed by atoms with Crippen molar-refractivity contribution in [1.29, 1.82) is 0 Å². The number of thiophene rings is 1. The molecule has 0 amide bonds. The molecule has 0 aliphatic heterocycles. The summed E-state index contributed by atoms with van der Waals surface area (Å²) < 4.78 is 13.5. The fourth-order valence-corrected chi connectivity index (χ4v) is 3.60. The van der Waals surface area contributed by atoms with Crippen LogP contribution in [0.15, 0.2) is 35.8 Å². The number of aromatic amines is 1. The van der Waals surface area contributed by atoms with E-state index in [0.29, 0.717) is 6.54 Å². The molecule has 1 unspecified atom stereocenters. The van der Waals surface area contributed by atoms with E-state index in [-0.39, 0.29) is 11.7 Å². The molecule has 0 bridgehead atoms. The molecular weight excluding hydrogens is 271 g/mol. The molecule has 0 saturated heterocycles. The van der Waals surface area contributed by atoms with Crippen molar-refractivity contribution in [1.82, 2.24) is 4.98 Å². The van der Waals surface area contributed by atoms with Gasteiger partial charge in [-0.3, -0.25) is 0 Å². The molecule has 104 valence electrons. The molecule has 1 aromatic carbocycles. The first-order valence-corrected chi connectivity index (χ1v) is 7.56. The Labute approximate surface area is 121 Å². The largest absolute Gasteiger partial charge is 0.361 e. The number of nitrogens with two attached hydrogens (primary N) is 1. The number of nitrogens with one attached hydrogen (secondary N) is 1. The highest BCUT2D eigenvalue weighted by Crippen LogP contribution is 2.30. The summed E-state index contributed by atoms with van der Waals surface area (Å²) in [7, 11) is 0. The summed E-state index contributed by atoms with van der Waals surface area (Å²) in [6, 6.07) is 6.97. The van der Waals surface area contributed by atoms with Crippen LogP contribution in [0.4, 0.5) is 4.39 Å². The zero-order chi connectivity index (χ0) is 14.1. The third-order valence-electron chi connectivity index (χ3n) is 3.80. The van der Waals surface area contributed by atoms with E-state index in [4.69, 9.17) is 5.73 Å². The van der Waals surface area contributed by atoms with Gasteiger partial charge in [0.25, 0.3) is 0 Å². The van der Waals surface area contributed by atoms with E-state index in [1.807, 2.05) is 6.20 Å². The lowest BCUT2D eigenvalue weighted by Crippen LogP contribution is -2.14. The number of benzene rings is 1. The quantitative estimate of drug-likeness (QED) is 0.749. The van der Waals surface area contributed by atoms with Gasteiger partial charge in [0.15, 0.2) is 0 Å². The highest BCUT2D eigenvalue weighted by Gasteiger charge is 2.17. The van der Waals surface area contributed by atoms with Gasteiger partial charge in [-0.1, -0.05) is 0 Å². The van der Waals surface area contributed by atoms with Gasteiger partial charge in [-0.15, -0.1) is 11.3 Å². The van der Waals surface area contributed by atoms with Gasteiger partial charge in [-0.2, -0.15) is 0 Å². The Morgan fingerprint density at radius 2 is 2.20 bits per heavy atom. The third-order valence-corrected chi connectivity index (χ3v) is 4.85. The molecular formula is C16H17FN2S. The van der Waals surface area contributed by atoms with Crippen molar-refractivity contribution in [3.05, 3.63) is 57.7 Å². The maximum Gasteiger partial charge on any atom is 0.123 e. The molecule has 0 aliphatic carbocycles. The SMILES string of the molecule is Cc1ccsc1CC(CN)c1c[nH]c2ccc(F)cc12. The highest BCUT2D eigenvalue weighted by atomic mass is 32.1. The van der Waals surface area contributed by atoms with Crippen LogP contribution in [0.1, 0.15) is 21.9 Å². The molecule has 3 rings (SSSR count). The van der Waals surface area contributed by atoms with Crippen LogP contribution in [0.5, 0.6) is 0 Å². The minimum Gasteiger partial charge on any atom is -0.361 e. The van der Waals surface area contributed by atoms with Crippen molar-refractivity contribution >= 4 is 22.2 Å². The number of halogens is 1. The molecule has 0 spiro atoms. The van der Waals surface area contributed by atoms with Crippen LogP contribution in [-0.4, -0.2) is 11.5 Å². The summed E-state index contributed by atoms with van der Waals surface area (Å²) in [5.41, 5.74) is 9.33. The molecule has 20 heavy (non-hydrogen) atoms. The van der Waals surface area contributed by atoms with Crippen LogP contribution in [-0.2, 0) is 6.42 Å². The Morgan fingerprint density at radius 3 is 2.90 bits per heavy atom. The topological polar surface area (TPSA) is 41.8 Å². The number of rotatable bonds is 4. The average Bonchev–Trinajstić information content (AvgIpc) is 3.02. The van der Waals surface area contributed by atoms with Crippen LogP contribution in [0, 0.1) is 12.7 Å². The molecule has 0 saturated carbocycles. The first-order chi connectivity index (χ1) is 9.69. The van der Waals surface area contributed by atoms with Gasteiger partial charge in [-0.25, -0.2) is 4.39 Å². The van der Waals surface area contributed by atoms with Crippen molar-refractivity contribution in [2.45, 2.75) is 19.3 Å². The summed E-state index contributed by atoms with van der Waals surface area (Å²) in [4.78, 5) is 4.56. The summed E-state index contributed by atoms with van der Waals surface area (Å²) in [5.74, 6) is 0.00401. The molecule has 0 fully saturated rings. The number of H-pyrrole nitrogens is 1. The fraction of sp³-hybridized carbons (Fsp3) is 0.250. The molecule has 0 radical (unpaired) electrons. The Hall–Kier alpha value is -1.65.